The summed E-state index contributed by atoms with van der Waals surface area (Å²) in [6.07, 6.45) is -1.58. The predicted molar refractivity (Wildman–Crippen MR) is 154 cm³/mol. The largest absolute Gasteiger partial charge is 0.490 e. The molecule has 2 aromatic carbocycles. The highest BCUT2D eigenvalue weighted by atomic mass is 32.2. The second kappa shape index (κ2) is 13.7. The number of nitrogens with one attached hydrogen (secondary N) is 2. The van der Waals surface area contributed by atoms with Gasteiger partial charge in [-0.1, -0.05) is 30.4 Å². The molecule has 2 aromatic rings. The van der Waals surface area contributed by atoms with Gasteiger partial charge in [0, 0.05) is 31.5 Å². The Morgan fingerprint density at radius 1 is 1.17 bits per heavy atom. The number of nitrogen functional groups attached to an aromatic ring is 1. The summed E-state index contributed by atoms with van der Waals surface area (Å²) in [6, 6.07) is 9.53. The molecule has 0 spiro atoms. The monoisotopic (exact) mass is 609 g/mol. The van der Waals surface area contributed by atoms with Crippen LogP contribution in [0.5, 0.6) is 5.75 Å². The fourth-order valence-corrected chi connectivity index (χ4v) is 5.67. The third-order valence-electron chi connectivity index (χ3n) is 6.49. The number of nitrogens with zero attached hydrogens (tertiary/aromatic N) is 2. The van der Waals surface area contributed by atoms with Crippen LogP contribution in [-0.2, 0) is 25.7 Å². The first-order valence-corrected chi connectivity index (χ1v) is 14.8. The lowest BCUT2D eigenvalue weighted by atomic mass is 10.1. The van der Waals surface area contributed by atoms with Crippen molar-refractivity contribution in [2.24, 2.45) is 5.73 Å². The number of piperidine rings is 1. The maximum absolute atomic E-state index is 14.2. The number of esters is 1. The third kappa shape index (κ3) is 8.71. The first-order valence-electron chi connectivity index (χ1n) is 13.2. The van der Waals surface area contributed by atoms with Gasteiger partial charge in [0.05, 0.1) is 30.2 Å². The molecule has 1 heterocycles. The van der Waals surface area contributed by atoms with E-state index >= 15 is 0 Å². The van der Waals surface area contributed by atoms with Crippen LogP contribution in [0.3, 0.4) is 0 Å². The molecule has 10 nitrogen and oxygen atoms in total. The number of sulfonamides is 1. The van der Waals surface area contributed by atoms with Crippen molar-refractivity contribution < 1.29 is 35.9 Å². The molecule has 1 aliphatic rings. The van der Waals surface area contributed by atoms with E-state index in [4.69, 9.17) is 26.0 Å². The van der Waals surface area contributed by atoms with Crippen LogP contribution in [0.25, 0.3) is 6.08 Å². The van der Waals surface area contributed by atoms with Crippen molar-refractivity contribution >= 4 is 39.4 Å². The number of alkyl halides is 3. The fourth-order valence-electron chi connectivity index (χ4n) is 4.39. The number of ether oxygens (including phenoxy) is 2. The molecule has 1 saturated heterocycles. The number of likely N-dealkylation sites (tertiary alicyclic amines) is 1. The lowest BCUT2D eigenvalue weighted by Crippen LogP contribution is -2.40. The summed E-state index contributed by atoms with van der Waals surface area (Å²) >= 11 is 0. The zero-order valence-electron chi connectivity index (χ0n) is 23.3. The van der Waals surface area contributed by atoms with Crippen LogP contribution >= 0.6 is 0 Å². The number of carbonyl (C=O) groups excluding carboxylic acids is 1. The third-order valence-corrected chi connectivity index (χ3v) is 8.12. The molecule has 0 atom stereocenters. The zero-order chi connectivity index (χ0) is 31.1. The molecule has 1 aliphatic heterocycles. The Hall–Kier alpha value is -4.07. The number of hydrogen-bond donors (Lipinski definition) is 3. The van der Waals surface area contributed by atoms with Gasteiger partial charge in [-0.25, -0.2) is 8.42 Å². The molecule has 0 bridgehead atoms. The van der Waals surface area contributed by atoms with E-state index in [-0.39, 0.29) is 18.1 Å². The Kier molecular flexibility index (Phi) is 10.6. The summed E-state index contributed by atoms with van der Waals surface area (Å²) in [4.78, 5) is 13.9. The van der Waals surface area contributed by atoms with Gasteiger partial charge in [-0.05, 0) is 43.7 Å². The van der Waals surface area contributed by atoms with Crippen molar-refractivity contribution in [3.8, 4) is 5.75 Å². The average molecular weight is 610 g/mol. The van der Waals surface area contributed by atoms with Gasteiger partial charge in [-0.3, -0.25) is 19.9 Å². The predicted octanol–water partition coefficient (Wildman–Crippen LogP) is 4.24. The second-order valence-corrected chi connectivity index (χ2v) is 11.5. The van der Waals surface area contributed by atoms with Gasteiger partial charge < -0.3 is 20.1 Å². The second-order valence-electron chi connectivity index (χ2n) is 9.60. The Balaban J connectivity index is 1.95. The standard InChI is InChI=1S/C28H34F3N5O5S/c1-3-40-26(37)18-42(38,39)36(13-5-7-20-6-4-8-21(16-20)27(33)34)22-9-10-25(24(17-22)28(29,30)31)41-23-11-14-35(15-12-23)19(2)32/h4-10,16-17,23,32H,3,11-15,18H2,1-2H3,(H3,33,34)/b7-5+,32-19?. The minimum Gasteiger partial charge on any atom is -0.490 e. The topological polar surface area (TPSA) is 150 Å². The quantitative estimate of drug-likeness (QED) is 0.196. The molecular formula is C28H34F3N5O5S. The molecule has 228 valence electrons. The van der Waals surface area contributed by atoms with Gasteiger partial charge in [0.15, 0.2) is 5.75 Å². The number of amidine groups is 2. The molecular weight excluding hydrogens is 575 g/mol. The Morgan fingerprint density at radius 2 is 1.86 bits per heavy atom. The molecule has 0 saturated carbocycles. The molecule has 4 N–H and O–H groups in total. The van der Waals surface area contributed by atoms with Gasteiger partial charge in [-0.2, -0.15) is 13.2 Å². The molecule has 0 aromatic heterocycles. The molecule has 42 heavy (non-hydrogen) atoms. The van der Waals surface area contributed by atoms with E-state index in [1.165, 1.54) is 25.1 Å². The zero-order valence-corrected chi connectivity index (χ0v) is 24.1. The van der Waals surface area contributed by atoms with Crippen LogP contribution in [0.2, 0.25) is 0 Å². The van der Waals surface area contributed by atoms with Crippen molar-refractivity contribution in [3.63, 3.8) is 0 Å². The van der Waals surface area contributed by atoms with Gasteiger partial charge in [0.25, 0.3) is 0 Å². The van der Waals surface area contributed by atoms with Crippen LogP contribution < -0.4 is 14.8 Å². The van der Waals surface area contributed by atoms with E-state index < -0.39 is 51.9 Å². The van der Waals surface area contributed by atoms with Crippen molar-refractivity contribution in [2.45, 2.75) is 39.0 Å². The minimum atomic E-state index is -4.86. The fraction of sp³-hybridized carbons (Fsp3) is 0.393. The summed E-state index contributed by atoms with van der Waals surface area (Å²) in [5.74, 6) is -2.34. The number of anilines is 1. The van der Waals surface area contributed by atoms with E-state index in [1.54, 1.807) is 31.2 Å². The number of benzene rings is 2. The number of nitrogens with two attached hydrogens (primary N) is 1. The number of rotatable bonds is 11. The summed E-state index contributed by atoms with van der Waals surface area (Å²) in [5.41, 5.74) is 5.07. The Labute approximate surface area is 243 Å². The Morgan fingerprint density at radius 3 is 2.45 bits per heavy atom. The molecule has 14 heteroatoms. The lowest BCUT2D eigenvalue weighted by Gasteiger charge is -2.33. The normalized spacial score (nSPS) is 14.5. The SMILES string of the molecule is CCOC(=O)CS(=O)(=O)N(C/C=C/c1cccc(C(=N)N)c1)c1ccc(OC2CCN(C(C)=N)CC2)c(C(F)(F)F)c1. The van der Waals surface area contributed by atoms with Gasteiger partial charge >= 0.3 is 12.1 Å². The van der Waals surface area contributed by atoms with Gasteiger partial charge in [-0.15, -0.1) is 0 Å². The number of hydrogen-bond acceptors (Lipinski definition) is 7. The lowest BCUT2D eigenvalue weighted by molar-refractivity contribution is -0.140. The maximum Gasteiger partial charge on any atom is 0.420 e. The van der Waals surface area contributed by atoms with Crippen molar-refractivity contribution in [2.75, 3.05) is 36.3 Å². The van der Waals surface area contributed by atoms with E-state index in [2.05, 4.69) is 0 Å². The van der Waals surface area contributed by atoms with Crippen LogP contribution in [0, 0.1) is 10.8 Å². The van der Waals surface area contributed by atoms with E-state index in [1.807, 2.05) is 4.90 Å². The Bertz CT molecular complexity index is 1440. The molecule has 3 rings (SSSR count). The van der Waals surface area contributed by atoms with Crippen molar-refractivity contribution in [1.29, 1.82) is 10.8 Å². The molecule has 0 aliphatic carbocycles. The summed E-state index contributed by atoms with van der Waals surface area (Å²) in [7, 11) is -4.47. The highest BCUT2D eigenvalue weighted by Crippen LogP contribution is 2.40. The van der Waals surface area contributed by atoms with E-state index in [0.29, 0.717) is 53.3 Å². The number of halogens is 3. The van der Waals surface area contributed by atoms with E-state index in [0.717, 1.165) is 6.07 Å². The van der Waals surface area contributed by atoms with Gasteiger partial charge in [0.1, 0.15) is 17.7 Å². The molecule has 1 fully saturated rings. The smallest absolute Gasteiger partial charge is 0.420 e. The summed E-state index contributed by atoms with van der Waals surface area (Å²) < 4.78 is 80.3. The first kappa shape index (κ1) is 32.4. The van der Waals surface area contributed by atoms with Gasteiger partial charge in [0.2, 0.25) is 10.0 Å². The van der Waals surface area contributed by atoms with Crippen molar-refractivity contribution in [1.82, 2.24) is 4.90 Å². The molecule has 0 unspecified atom stereocenters. The van der Waals surface area contributed by atoms with E-state index in [9.17, 15) is 26.4 Å². The van der Waals surface area contributed by atoms with Crippen LogP contribution in [0.1, 0.15) is 43.4 Å². The van der Waals surface area contributed by atoms with Crippen LogP contribution in [-0.4, -0.2) is 69.1 Å². The number of carbonyl (C=O) groups is 1. The summed E-state index contributed by atoms with van der Waals surface area (Å²) in [6.45, 7) is 3.63. The van der Waals surface area contributed by atoms with Crippen LogP contribution in [0.4, 0.5) is 18.9 Å². The highest BCUT2D eigenvalue weighted by molar-refractivity contribution is 7.93. The molecule has 0 amide bonds. The maximum atomic E-state index is 14.2. The average Bonchev–Trinajstić information content (AvgIpc) is 2.91. The first-order chi connectivity index (χ1) is 19.7. The minimum absolute atomic E-state index is 0.0661. The molecule has 0 radical (unpaired) electrons. The van der Waals surface area contributed by atoms with Crippen LogP contribution in [0.15, 0.2) is 48.5 Å². The summed E-state index contributed by atoms with van der Waals surface area (Å²) in [5, 5.41) is 15.3. The highest BCUT2D eigenvalue weighted by Gasteiger charge is 2.37. The van der Waals surface area contributed by atoms with Crippen molar-refractivity contribution in [3.05, 3.63) is 65.2 Å².